The Balaban J connectivity index is 2.55. The summed E-state index contributed by atoms with van der Waals surface area (Å²) >= 11 is 0. The van der Waals surface area contributed by atoms with Gasteiger partial charge in [-0.2, -0.15) is 0 Å². The average molecular weight is 161 g/mol. The minimum atomic E-state index is 0.674. The van der Waals surface area contributed by atoms with E-state index >= 15 is 0 Å². The second-order valence-corrected chi connectivity index (χ2v) is 2.97. The Kier molecular flexibility index (Phi) is 1.81. The molecule has 0 N–H and O–H groups in total. The zero-order valence-electron chi connectivity index (χ0n) is 7.26. The van der Waals surface area contributed by atoms with E-state index in [-0.39, 0.29) is 0 Å². The Morgan fingerprint density at radius 3 is 3.08 bits per heavy atom. The third kappa shape index (κ3) is 1.10. The number of methoxy groups -OCH3 is 1. The molecule has 0 amide bonds. The molecule has 1 aliphatic heterocycles. The fourth-order valence-electron chi connectivity index (χ4n) is 1.47. The van der Waals surface area contributed by atoms with Gasteiger partial charge < -0.3 is 9.39 Å². The van der Waals surface area contributed by atoms with E-state index in [2.05, 4.69) is 13.0 Å². The molecule has 1 radical (unpaired) electrons. The largest absolute Gasteiger partial charge is 0.497 e. The number of fused-ring (bicyclic) bond motifs is 1. The quantitative estimate of drug-likeness (QED) is 0.566. The maximum atomic E-state index is 5.23. The highest BCUT2D eigenvalue weighted by atomic mass is 16.5. The van der Waals surface area contributed by atoms with E-state index in [1.807, 2.05) is 6.07 Å². The van der Waals surface area contributed by atoms with E-state index in [0.29, 0.717) is 6.61 Å². The van der Waals surface area contributed by atoms with E-state index in [1.165, 1.54) is 11.1 Å². The summed E-state index contributed by atoms with van der Waals surface area (Å²) in [4.78, 5) is 0. The van der Waals surface area contributed by atoms with Crippen LogP contribution in [0.15, 0.2) is 12.1 Å². The molecule has 0 bridgehead atoms. The molecular weight excluding hydrogens is 151 g/mol. The lowest BCUT2D eigenvalue weighted by atomic mass is 9.85. The summed E-state index contributed by atoms with van der Waals surface area (Å²) in [6.07, 6.45) is 0. The zero-order chi connectivity index (χ0) is 8.55. The van der Waals surface area contributed by atoms with Gasteiger partial charge in [-0.25, -0.2) is 0 Å². The summed E-state index contributed by atoms with van der Waals surface area (Å²) in [6, 6.07) is 4.14. The predicted molar refractivity (Wildman–Crippen MR) is 47.9 cm³/mol. The zero-order valence-corrected chi connectivity index (χ0v) is 7.26. The van der Waals surface area contributed by atoms with Crippen LogP contribution in [-0.2, 0) is 11.3 Å². The molecule has 3 heteroatoms. The third-order valence-electron chi connectivity index (χ3n) is 2.03. The highest BCUT2D eigenvalue weighted by molar-refractivity contribution is 6.50. The Morgan fingerprint density at radius 2 is 2.33 bits per heavy atom. The number of hydrogen-bond acceptors (Lipinski definition) is 2. The normalized spacial score (nSPS) is 13.8. The number of hydrogen-bond donors (Lipinski definition) is 0. The van der Waals surface area contributed by atoms with Crippen LogP contribution in [-0.4, -0.2) is 14.6 Å². The Bertz CT molecular complexity index is 310. The van der Waals surface area contributed by atoms with Gasteiger partial charge in [-0.05, 0) is 29.6 Å². The lowest BCUT2D eigenvalue weighted by molar-refractivity contribution is 0.345. The molecule has 1 aliphatic rings. The first kappa shape index (κ1) is 7.68. The molecule has 0 saturated carbocycles. The molecule has 0 aromatic heterocycles. The van der Waals surface area contributed by atoms with Gasteiger partial charge in [-0.15, -0.1) is 0 Å². The molecule has 0 unspecified atom stereocenters. The Hall–Kier alpha value is -0.955. The standard InChI is InChI=1S/C9H10BO2/c1-6-3-7-5-12-10-9(7)8(4-6)11-2/h3-4H,5H2,1-2H3. The van der Waals surface area contributed by atoms with Gasteiger partial charge in [0.15, 0.2) is 0 Å². The summed E-state index contributed by atoms with van der Waals surface area (Å²) in [5.74, 6) is 0.905. The van der Waals surface area contributed by atoms with Gasteiger partial charge in [0.2, 0.25) is 0 Å². The van der Waals surface area contributed by atoms with Crippen LogP contribution in [0.3, 0.4) is 0 Å². The Morgan fingerprint density at radius 1 is 1.50 bits per heavy atom. The van der Waals surface area contributed by atoms with Crippen LogP contribution in [0.5, 0.6) is 5.75 Å². The fourth-order valence-corrected chi connectivity index (χ4v) is 1.47. The van der Waals surface area contributed by atoms with Crippen molar-refractivity contribution in [1.29, 1.82) is 0 Å². The smallest absolute Gasteiger partial charge is 0.334 e. The van der Waals surface area contributed by atoms with Crippen molar-refractivity contribution < 1.29 is 9.39 Å². The summed E-state index contributed by atoms with van der Waals surface area (Å²) in [5.41, 5.74) is 3.51. The molecular formula is C9H10BO2. The van der Waals surface area contributed by atoms with Crippen LogP contribution in [0.1, 0.15) is 11.1 Å². The SMILES string of the molecule is COc1cc(C)cc2c1[B]OC2. The van der Waals surface area contributed by atoms with E-state index in [0.717, 1.165) is 11.2 Å². The van der Waals surface area contributed by atoms with Gasteiger partial charge >= 0.3 is 7.48 Å². The molecule has 12 heavy (non-hydrogen) atoms. The van der Waals surface area contributed by atoms with Crippen molar-refractivity contribution in [3.63, 3.8) is 0 Å². The van der Waals surface area contributed by atoms with Crippen LogP contribution < -0.4 is 10.2 Å². The van der Waals surface area contributed by atoms with Gasteiger partial charge in [-0.1, -0.05) is 6.07 Å². The number of benzene rings is 1. The topological polar surface area (TPSA) is 18.5 Å². The Labute approximate surface area is 72.8 Å². The first-order valence-electron chi connectivity index (χ1n) is 3.93. The maximum Gasteiger partial charge on any atom is 0.334 e. The highest BCUT2D eigenvalue weighted by Gasteiger charge is 2.18. The number of aryl methyl sites for hydroxylation is 1. The second-order valence-electron chi connectivity index (χ2n) is 2.97. The molecule has 0 aliphatic carbocycles. The molecule has 0 spiro atoms. The van der Waals surface area contributed by atoms with Crippen LogP contribution >= 0.6 is 0 Å². The van der Waals surface area contributed by atoms with Crippen molar-refractivity contribution in [2.24, 2.45) is 0 Å². The summed E-state index contributed by atoms with van der Waals surface area (Å²) < 4.78 is 10.4. The van der Waals surface area contributed by atoms with Crippen molar-refractivity contribution >= 4 is 12.9 Å². The van der Waals surface area contributed by atoms with E-state index < -0.39 is 0 Å². The minimum absolute atomic E-state index is 0.674. The second kappa shape index (κ2) is 2.83. The molecule has 2 nitrogen and oxygen atoms in total. The van der Waals surface area contributed by atoms with E-state index in [1.54, 1.807) is 14.6 Å². The van der Waals surface area contributed by atoms with Crippen molar-refractivity contribution in [1.82, 2.24) is 0 Å². The number of rotatable bonds is 1. The molecule has 1 heterocycles. The van der Waals surface area contributed by atoms with Gasteiger partial charge in [0.05, 0.1) is 13.7 Å². The van der Waals surface area contributed by atoms with Gasteiger partial charge in [0.25, 0.3) is 0 Å². The van der Waals surface area contributed by atoms with Crippen molar-refractivity contribution in [3.8, 4) is 5.75 Å². The average Bonchev–Trinajstić information content (AvgIpc) is 2.50. The molecule has 1 aromatic carbocycles. The van der Waals surface area contributed by atoms with E-state index in [4.69, 9.17) is 9.39 Å². The molecule has 61 valence electrons. The first-order chi connectivity index (χ1) is 5.81. The lowest BCUT2D eigenvalue weighted by Gasteiger charge is -2.06. The van der Waals surface area contributed by atoms with Gasteiger partial charge in [0, 0.05) is 0 Å². The van der Waals surface area contributed by atoms with E-state index in [9.17, 15) is 0 Å². The van der Waals surface area contributed by atoms with Gasteiger partial charge in [0.1, 0.15) is 5.75 Å². The predicted octanol–water partition coefficient (Wildman–Crippen LogP) is 0.778. The molecule has 0 atom stereocenters. The lowest BCUT2D eigenvalue weighted by Crippen LogP contribution is -2.15. The highest BCUT2D eigenvalue weighted by Crippen LogP contribution is 2.17. The van der Waals surface area contributed by atoms with Crippen molar-refractivity contribution in [2.75, 3.05) is 7.11 Å². The molecule has 0 fully saturated rings. The van der Waals surface area contributed by atoms with Gasteiger partial charge in [-0.3, -0.25) is 0 Å². The van der Waals surface area contributed by atoms with Crippen LogP contribution in [0.2, 0.25) is 0 Å². The summed E-state index contributed by atoms with van der Waals surface area (Å²) in [7, 11) is 3.44. The van der Waals surface area contributed by atoms with Crippen molar-refractivity contribution in [2.45, 2.75) is 13.5 Å². The number of ether oxygens (including phenoxy) is 1. The maximum absolute atomic E-state index is 5.23. The fraction of sp³-hybridized carbons (Fsp3) is 0.333. The first-order valence-corrected chi connectivity index (χ1v) is 3.93. The molecule has 1 aromatic rings. The summed E-state index contributed by atoms with van der Waals surface area (Å²) in [5, 5.41) is 0. The van der Waals surface area contributed by atoms with Crippen LogP contribution in [0.25, 0.3) is 0 Å². The van der Waals surface area contributed by atoms with Crippen molar-refractivity contribution in [3.05, 3.63) is 23.3 Å². The third-order valence-corrected chi connectivity index (χ3v) is 2.03. The monoisotopic (exact) mass is 161 g/mol. The molecule has 0 saturated heterocycles. The summed E-state index contributed by atoms with van der Waals surface area (Å²) in [6.45, 7) is 2.73. The minimum Gasteiger partial charge on any atom is -0.497 e. The van der Waals surface area contributed by atoms with Crippen LogP contribution in [0, 0.1) is 6.92 Å². The van der Waals surface area contributed by atoms with Crippen LogP contribution in [0.4, 0.5) is 0 Å². The molecule has 2 rings (SSSR count).